The Morgan fingerprint density at radius 2 is 1.85 bits per heavy atom. The summed E-state index contributed by atoms with van der Waals surface area (Å²) in [5.41, 5.74) is 4.17. The average Bonchev–Trinajstić information content (AvgIpc) is 3.22. The molecule has 0 aliphatic heterocycles. The highest BCUT2D eigenvalue weighted by Gasteiger charge is 2.30. The Morgan fingerprint density at radius 3 is 2.35 bits per heavy atom. The van der Waals surface area contributed by atoms with Gasteiger partial charge in [-0.1, -0.05) is 42.7 Å². The fraction of sp³-hybridized carbons (Fsp3) is 0.667. The van der Waals surface area contributed by atoms with E-state index in [-0.39, 0.29) is 0 Å². The lowest BCUT2D eigenvalue weighted by Crippen LogP contribution is -2.36. The normalized spacial score (nSPS) is 16.6. The summed E-state index contributed by atoms with van der Waals surface area (Å²) in [5, 5.41) is 3.52. The second-order valence-corrected chi connectivity index (χ2v) is 6.34. The highest BCUT2D eigenvalue weighted by atomic mass is 15.2. The standard InChI is InChI=1S/C18H30N2/c1-5-6-9-20(17-7-8-17)13-18(19-4)16-11-14(2)10-15(3)12-16/h10-12,17-19H,5-9,13H2,1-4H3. The molecule has 1 aromatic rings. The molecule has 2 rings (SSSR count). The second-order valence-electron chi connectivity index (χ2n) is 6.34. The number of likely N-dealkylation sites (N-methyl/N-ethyl adjacent to an activating group) is 1. The van der Waals surface area contributed by atoms with E-state index in [1.807, 2.05) is 0 Å². The van der Waals surface area contributed by atoms with Gasteiger partial charge in [0.05, 0.1) is 0 Å². The van der Waals surface area contributed by atoms with Gasteiger partial charge in [-0.2, -0.15) is 0 Å². The number of rotatable bonds is 8. The first-order chi connectivity index (χ1) is 9.63. The van der Waals surface area contributed by atoms with Crippen LogP contribution in [-0.2, 0) is 0 Å². The van der Waals surface area contributed by atoms with Crippen LogP contribution in [0, 0.1) is 13.8 Å². The Bertz CT molecular complexity index is 403. The van der Waals surface area contributed by atoms with Gasteiger partial charge in [-0.25, -0.2) is 0 Å². The first-order valence-electron chi connectivity index (χ1n) is 8.13. The van der Waals surface area contributed by atoms with Gasteiger partial charge in [0, 0.05) is 18.6 Å². The summed E-state index contributed by atoms with van der Waals surface area (Å²) in [7, 11) is 2.09. The molecule has 1 aliphatic rings. The number of nitrogens with one attached hydrogen (secondary N) is 1. The maximum Gasteiger partial charge on any atom is 0.0447 e. The van der Waals surface area contributed by atoms with E-state index in [0.717, 1.165) is 12.6 Å². The minimum atomic E-state index is 0.450. The molecule has 1 aliphatic carbocycles. The number of aryl methyl sites for hydroxylation is 2. The van der Waals surface area contributed by atoms with Gasteiger partial charge in [0.15, 0.2) is 0 Å². The van der Waals surface area contributed by atoms with E-state index in [1.165, 1.54) is 48.9 Å². The Kier molecular flexibility index (Phi) is 5.62. The quantitative estimate of drug-likeness (QED) is 0.775. The van der Waals surface area contributed by atoms with Crippen molar-refractivity contribution in [3.8, 4) is 0 Å². The Balaban J connectivity index is 2.06. The van der Waals surface area contributed by atoms with Gasteiger partial charge >= 0.3 is 0 Å². The summed E-state index contributed by atoms with van der Waals surface area (Å²) in [6.07, 6.45) is 5.40. The zero-order valence-electron chi connectivity index (χ0n) is 13.6. The van der Waals surface area contributed by atoms with E-state index < -0.39 is 0 Å². The molecule has 1 unspecified atom stereocenters. The molecule has 0 bridgehead atoms. The van der Waals surface area contributed by atoms with Crippen molar-refractivity contribution in [1.82, 2.24) is 10.2 Å². The Hall–Kier alpha value is -0.860. The van der Waals surface area contributed by atoms with E-state index >= 15 is 0 Å². The van der Waals surface area contributed by atoms with Crippen molar-refractivity contribution in [3.63, 3.8) is 0 Å². The van der Waals surface area contributed by atoms with Gasteiger partial charge < -0.3 is 5.32 Å². The van der Waals surface area contributed by atoms with Crippen molar-refractivity contribution in [1.29, 1.82) is 0 Å². The fourth-order valence-electron chi connectivity index (χ4n) is 3.03. The number of nitrogens with zero attached hydrogens (tertiary/aromatic N) is 1. The molecule has 0 aromatic heterocycles. The number of unbranched alkanes of at least 4 members (excludes halogenated alkanes) is 1. The van der Waals surface area contributed by atoms with Crippen LogP contribution >= 0.6 is 0 Å². The van der Waals surface area contributed by atoms with E-state index in [0.29, 0.717) is 6.04 Å². The van der Waals surface area contributed by atoms with E-state index in [4.69, 9.17) is 0 Å². The monoisotopic (exact) mass is 274 g/mol. The van der Waals surface area contributed by atoms with Crippen molar-refractivity contribution in [3.05, 3.63) is 34.9 Å². The van der Waals surface area contributed by atoms with Crippen molar-refractivity contribution in [2.45, 2.75) is 58.5 Å². The van der Waals surface area contributed by atoms with Crippen molar-refractivity contribution < 1.29 is 0 Å². The molecule has 0 heterocycles. The minimum Gasteiger partial charge on any atom is -0.312 e. The molecule has 20 heavy (non-hydrogen) atoms. The topological polar surface area (TPSA) is 15.3 Å². The van der Waals surface area contributed by atoms with Gasteiger partial charge in [0.25, 0.3) is 0 Å². The SMILES string of the molecule is CCCCN(CC(NC)c1cc(C)cc(C)c1)C1CC1. The molecule has 0 spiro atoms. The van der Waals surface area contributed by atoms with Crippen LogP contribution in [0.4, 0.5) is 0 Å². The molecule has 1 atom stereocenters. The van der Waals surface area contributed by atoms with Crippen LogP contribution in [0.1, 0.15) is 55.3 Å². The summed E-state index contributed by atoms with van der Waals surface area (Å²) >= 11 is 0. The molecule has 1 saturated carbocycles. The first kappa shape index (κ1) is 15.5. The predicted molar refractivity (Wildman–Crippen MR) is 87.2 cm³/mol. The maximum absolute atomic E-state index is 3.52. The van der Waals surface area contributed by atoms with Gasteiger partial charge in [-0.05, 0) is 52.3 Å². The van der Waals surface area contributed by atoms with Gasteiger partial charge in [0.2, 0.25) is 0 Å². The molecule has 0 amide bonds. The molecule has 112 valence electrons. The zero-order chi connectivity index (χ0) is 14.5. The molecule has 0 saturated heterocycles. The summed E-state index contributed by atoms with van der Waals surface area (Å²) in [4.78, 5) is 2.70. The van der Waals surface area contributed by atoms with E-state index in [2.05, 4.69) is 56.2 Å². The van der Waals surface area contributed by atoms with Crippen LogP contribution in [0.15, 0.2) is 18.2 Å². The number of hydrogen-bond acceptors (Lipinski definition) is 2. The molecular weight excluding hydrogens is 244 g/mol. The smallest absolute Gasteiger partial charge is 0.0447 e. The predicted octanol–water partition coefficient (Wildman–Crippen LogP) is 3.83. The van der Waals surface area contributed by atoms with E-state index in [1.54, 1.807) is 0 Å². The lowest BCUT2D eigenvalue weighted by atomic mass is 10.0. The molecule has 1 aromatic carbocycles. The Morgan fingerprint density at radius 1 is 1.20 bits per heavy atom. The molecule has 1 fully saturated rings. The third kappa shape index (κ3) is 4.32. The summed E-state index contributed by atoms with van der Waals surface area (Å²) < 4.78 is 0. The largest absolute Gasteiger partial charge is 0.312 e. The highest BCUT2D eigenvalue weighted by Crippen LogP contribution is 2.29. The summed E-state index contributed by atoms with van der Waals surface area (Å²) in [5.74, 6) is 0. The molecule has 1 N–H and O–H groups in total. The highest BCUT2D eigenvalue weighted by molar-refractivity contribution is 5.31. The molecule has 2 heteroatoms. The Labute approximate surface area is 124 Å². The van der Waals surface area contributed by atoms with Crippen molar-refractivity contribution >= 4 is 0 Å². The maximum atomic E-state index is 3.52. The van der Waals surface area contributed by atoms with Crippen molar-refractivity contribution in [2.75, 3.05) is 20.1 Å². The third-order valence-corrected chi connectivity index (χ3v) is 4.27. The fourth-order valence-corrected chi connectivity index (χ4v) is 3.03. The molecule has 0 radical (unpaired) electrons. The van der Waals surface area contributed by atoms with Crippen LogP contribution in [-0.4, -0.2) is 31.1 Å². The second kappa shape index (κ2) is 7.24. The molecule has 2 nitrogen and oxygen atoms in total. The zero-order valence-corrected chi connectivity index (χ0v) is 13.6. The van der Waals surface area contributed by atoms with E-state index in [9.17, 15) is 0 Å². The van der Waals surface area contributed by atoms with Gasteiger partial charge in [0.1, 0.15) is 0 Å². The first-order valence-corrected chi connectivity index (χ1v) is 8.13. The van der Waals surface area contributed by atoms with Crippen LogP contribution in [0.2, 0.25) is 0 Å². The third-order valence-electron chi connectivity index (χ3n) is 4.27. The van der Waals surface area contributed by atoms with Crippen LogP contribution < -0.4 is 5.32 Å². The minimum absolute atomic E-state index is 0.450. The lowest BCUT2D eigenvalue weighted by Gasteiger charge is -2.28. The summed E-state index contributed by atoms with van der Waals surface area (Å²) in [6.45, 7) is 9.07. The number of hydrogen-bond donors (Lipinski definition) is 1. The average molecular weight is 274 g/mol. The summed E-state index contributed by atoms with van der Waals surface area (Å²) in [6, 6.07) is 8.22. The van der Waals surface area contributed by atoms with Crippen LogP contribution in [0.3, 0.4) is 0 Å². The van der Waals surface area contributed by atoms with Crippen LogP contribution in [0.25, 0.3) is 0 Å². The molecular formula is C18H30N2. The van der Waals surface area contributed by atoms with Gasteiger partial charge in [-0.3, -0.25) is 4.90 Å². The van der Waals surface area contributed by atoms with Crippen molar-refractivity contribution in [2.24, 2.45) is 0 Å². The van der Waals surface area contributed by atoms with Crippen LogP contribution in [0.5, 0.6) is 0 Å². The lowest BCUT2D eigenvalue weighted by molar-refractivity contribution is 0.233. The number of benzene rings is 1. The van der Waals surface area contributed by atoms with Gasteiger partial charge in [-0.15, -0.1) is 0 Å².